The van der Waals surface area contributed by atoms with Crippen LogP contribution < -0.4 is 14.4 Å². The summed E-state index contributed by atoms with van der Waals surface area (Å²) in [6, 6.07) is 27.8. The summed E-state index contributed by atoms with van der Waals surface area (Å²) in [5.74, 6) is 1.11. The van der Waals surface area contributed by atoms with E-state index in [0.717, 1.165) is 21.3 Å². The fourth-order valence-corrected chi connectivity index (χ4v) is 5.67. The zero-order valence-electron chi connectivity index (χ0n) is 19.4. The van der Waals surface area contributed by atoms with Crippen molar-refractivity contribution in [1.29, 1.82) is 0 Å². The standard InChI is InChI=1S/C29H22BrNO3S2/c1-2-33-25-15-22(16-27-28(32)31(29(35)36-27)23-10-4-3-5-11-23)24(30)17-26(25)34-18-19-12-13-20-8-6-7-9-21(20)14-19/h3-17H,2,18H2,1H3/b27-16+. The summed E-state index contributed by atoms with van der Waals surface area (Å²) < 4.78 is 13.4. The van der Waals surface area contributed by atoms with Crippen LogP contribution in [0.1, 0.15) is 18.1 Å². The van der Waals surface area contributed by atoms with Gasteiger partial charge in [-0.1, -0.05) is 94.5 Å². The summed E-state index contributed by atoms with van der Waals surface area (Å²) in [6.07, 6.45) is 1.84. The van der Waals surface area contributed by atoms with Crippen molar-refractivity contribution in [2.75, 3.05) is 11.5 Å². The Balaban J connectivity index is 1.40. The van der Waals surface area contributed by atoms with Crippen LogP contribution in [0.3, 0.4) is 0 Å². The quantitative estimate of drug-likeness (QED) is 0.165. The molecule has 0 unspecified atom stereocenters. The molecule has 7 heteroatoms. The Morgan fingerprint density at radius 3 is 2.42 bits per heavy atom. The first kappa shape index (κ1) is 24.6. The minimum atomic E-state index is -0.141. The Kier molecular flexibility index (Phi) is 7.41. The molecule has 4 nitrogen and oxygen atoms in total. The number of benzene rings is 4. The molecule has 1 saturated heterocycles. The van der Waals surface area contributed by atoms with E-state index >= 15 is 0 Å². The molecule has 1 heterocycles. The smallest absolute Gasteiger partial charge is 0.270 e. The minimum Gasteiger partial charge on any atom is -0.490 e. The molecule has 1 amide bonds. The third-order valence-corrected chi connectivity index (χ3v) is 7.65. The number of hydrogen-bond acceptors (Lipinski definition) is 5. The number of carbonyl (C=O) groups excluding carboxylic acids is 1. The molecule has 1 aliphatic rings. The average Bonchev–Trinajstić information content (AvgIpc) is 3.17. The first-order chi connectivity index (χ1) is 17.5. The van der Waals surface area contributed by atoms with E-state index in [0.29, 0.717) is 33.9 Å². The monoisotopic (exact) mass is 575 g/mol. The van der Waals surface area contributed by atoms with Crippen LogP contribution in [-0.2, 0) is 11.4 Å². The highest BCUT2D eigenvalue weighted by Gasteiger charge is 2.33. The van der Waals surface area contributed by atoms with Crippen LogP contribution in [0.5, 0.6) is 11.5 Å². The molecule has 0 aromatic heterocycles. The molecule has 0 aliphatic carbocycles. The van der Waals surface area contributed by atoms with E-state index in [2.05, 4.69) is 46.3 Å². The molecule has 0 bridgehead atoms. The SMILES string of the molecule is CCOc1cc(/C=C2/SC(=S)N(c3ccccc3)C2=O)c(Br)cc1OCc1ccc2ccccc2c1. The molecule has 0 radical (unpaired) electrons. The predicted octanol–water partition coefficient (Wildman–Crippen LogP) is 7.99. The van der Waals surface area contributed by atoms with Gasteiger partial charge in [0.25, 0.3) is 5.91 Å². The van der Waals surface area contributed by atoms with Crippen LogP contribution in [0.15, 0.2) is 94.3 Å². The molecular formula is C29H22BrNO3S2. The van der Waals surface area contributed by atoms with Crippen LogP contribution in [0.4, 0.5) is 5.69 Å². The highest BCUT2D eigenvalue weighted by Crippen LogP contribution is 2.40. The largest absolute Gasteiger partial charge is 0.490 e. The van der Waals surface area contributed by atoms with Gasteiger partial charge in [0.1, 0.15) is 6.61 Å². The highest BCUT2D eigenvalue weighted by molar-refractivity contribution is 9.10. The molecule has 5 rings (SSSR count). The van der Waals surface area contributed by atoms with Crippen molar-refractivity contribution in [2.24, 2.45) is 0 Å². The maximum Gasteiger partial charge on any atom is 0.270 e. The lowest BCUT2D eigenvalue weighted by molar-refractivity contribution is -0.113. The van der Waals surface area contributed by atoms with E-state index in [1.807, 2.05) is 67.6 Å². The number of carbonyl (C=O) groups is 1. The van der Waals surface area contributed by atoms with Crippen molar-refractivity contribution in [1.82, 2.24) is 0 Å². The number of amides is 1. The van der Waals surface area contributed by atoms with E-state index in [-0.39, 0.29) is 5.91 Å². The maximum absolute atomic E-state index is 13.1. The van der Waals surface area contributed by atoms with Gasteiger partial charge in [0.05, 0.1) is 17.2 Å². The second-order valence-corrected chi connectivity index (χ2v) is 10.6. The van der Waals surface area contributed by atoms with Gasteiger partial charge in [0, 0.05) is 4.47 Å². The lowest BCUT2D eigenvalue weighted by atomic mass is 10.1. The Morgan fingerprint density at radius 2 is 1.64 bits per heavy atom. The summed E-state index contributed by atoms with van der Waals surface area (Å²) in [6.45, 7) is 2.83. The molecule has 36 heavy (non-hydrogen) atoms. The number of para-hydroxylation sites is 1. The summed E-state index contributed by atoms with van der Waals surface area (Å²) in [4.78, 5) is 15.3. The topological polar surface area (TPSA) is 38.8 Å². The van der Waals surface area contributed by atoms with E-state index < -0.39 is 0 Å². The fourth-order valence-electron chi connectivity index (χ4n) is 3.94. The fraction of sp³-hybridized carbons (Fsp3) is 0.103. The molecule has 180 valence electrons. The number of thioether (sulfide) groups is 1. The van der Waals surface area contributed by atoms with Gasteiger partial charge in [-0.2, -0.15) is 0 Å². The second kappa shape index (κ2) is 10.9. The third-order valence-electron chi connectivity index (χ3n) is 5.67. The van der Waals surface area contributed by atoms with Gasteiger partial charge in [0.15, 0.2) is 15.8 Å². The van der Waals surface area contributed by atoms with Gasteiger partial charge < -0.3 is 9.47 Å². The van der Waals surface area contributed by atoms with Crippen molar-refractivity contribution in [3.63, 3.8) is 0 Å². The number of hydrogen-bond donors (Lipinski definition) is 0. The molecule has 0 spiro atoms. The average molecular weight is 577 g/mol. The van der Waals surface area contributed by atoms with Gasteiger partial charge in [-0.15, -0.1) is 0 Å². The van der Waals surface area contributed by atoms with Crippen molar-refractivity contribution in [2.45, 2.75) is 13.5 Å². The molecule has 4 aromatic rings. The van der Waals surface area contributed by atoms with E-state index in [1.54, 1.807) is 4.90 Å². The second-order valence-electron chi connectivity index (χ2n) is 8.08. The van der Waals surface area contributed by atoms with Crippen LogP contribution in [0.25, 0.3) is 16.8 Å². The van der Waals surface area contributed by atoms with Crippen LogP contribution in [-0.4, -0.2) is 16.8 Å². The minimum absolute atomic E-state index is 0.141. The van der Waals surface area contributed by atoms with Crippen molar-refractivity contribution in [3.05, 3.63) is 105 Å². The predicted molar refractivity (Wildman–Crippen MR) is 156 cm³/mol. The van der Waals surface area contributed by atoms with E-state index in [4.69, 9.17) is 21.7 Å². The first-order valence-corrected chi connectivity index (χ1v) is 13.4. The molecule has 0 atom stereocenters. The molecule has 0 N–H and O–H groups in total. The molecule has 1 aliphatic heterocycles. The normalized spacial score (nSPS) is 14.6. The van der Waals surface area contributed by atoms with Gasteiger partial charge in [-0.25, -0.2) is 0 Å². The van der Waals surface area contributed by atoms with Crippen LogP contribution in [0, 0.1) is 0 Å². The Hall–Kier alpha value is -3.13. The lowest BCUT2D eigenvalue weighted by Crippen LogP contribution is -2.27. The van der Waals surface area contributed by atoms with Crippen LogP contribution in [0.2, 0.25) is 0 Å². The zero-order valence-corrected chi connectivity index (χ0v) is 22.7. The molecule has 1 fully saturated rings. The van der Waals surface area contributed by atoms with Gasteiger partial charge in [-0.05, 0) is 65.2 Å². The third kappa shape index (κ3) is 5.19. The highest BCUT2D eigenvalue weighted by atomic mass is 79.9. The van der Waals surface area contributed by atoms with Crippen molar-refractivity contribution >= 4 is 72.7 Å². The molecular weight excluding hydrogens is 554 g/mol. The number of ether oxygens (including phenoxy) is 2. The van der Waals surface area contributed by atoms with Crippen molar-refractivity contribution in [3.8, 4) is 11.5 Å². The summed E-state index contributed by atoms with van der Waals surface area (Å²) in [5.41, 5.74) is 2.64. The summed E-state index contributed by atoms with van der Waals surface area (Å²) in [7, 11) is 0. The molecule has 4 aromatic carbocycles. The Labute approximate surface area is 228 Å². The maximum atomic E-state index is 13.1. The summed E-state index contributed by atoms with van der Waals surface area (Å²) >= 11 is 10.4. The molecule has 0 saturated carbocycles. The van der Waals surface area contributed by atoms with Crippen LogP contribution >= 0.6 is 39.9 Å². The van der Waals surface area contributed by atoms with E-state index in [9.17, 15) is 4.79 Å². The number of rotatable bonds is 7. The van der Waals surface area contributed by atoms with Gasteiger partial charge >= 0.3 is 0 Å². The van der Waals surface area contributed by atoms with E-state index in [1.165, 1.54) is 22.5 Å². The Morgan fingerprint density at radius 1 is 0.917 bits per heavy atom. The number of nitrogens with zero attached hydrogens (tertiary/aromatic N) is 1. The van der Waals surface area contributed by atoms with Gasteiger partial charge in [0.2, 0.25) is 0 Å². The van der Waals surface area contributed by atoms with Gasteiger partial charge in [-0.3, -0.25) is 9.69 Å². The lowest BCUT2D eigenvalue weighted by Gasteiger charge is -2.15. The zero-order chi connectivity index (χ0) is 25.1. The Bertz CT molecular complexity index is 1490. The number of halogens is 1. The number of fused-ring (bicyclic) bond motifs is 1. The summed E-state index contributed by atoms with van der Waals surface area (Å²) in [5, 5.41) is 2.37. The van der Waals surface area contributed by atoms with Crippen molar-refractivity contribution < 1.29 is 14.3 Å². The number of thiocarbonyl (C=S) groups is 1. The number of anilines is 1. The first-order valence-electron chi connectivity index (χ1n) is 11.4.